The Hall–Kier alpha value is -0.970. The first-order valence-corrected chi connectivity index (χ1v) is 4.28. The van der Waals surface area contributed by atoms with E-state index in [1.54, 1.807) is 20.0 Å². The number of Topliss-reactive ketones (excluding diaryl/α,β-unsaturated/α-hetero) is 1. The molecule has 0 fully saturated rings. The quantitative estimate of drug-likeness (QED) is 0.730. The third-order valence-corrected chi connectivity index (χ3v) is 1.97. The Labute approximate surface area is 84.7 Å². The minimum atomic E-state index is -3.79. The lowest BCUT2D eigenvalue weighted by Gasteiger charge is -2.05. The molecular weight excluding hydrogens is 214 g/mol. The molecule has 6 heteroatoms. The van der Waals surface area contributed by atoms with Gasteiger partial charge in [-0.05, 0) is 24.6 Å². The van der Waals surface area contributed by atoms with Crippen LogP contribution in [0.5, 0.6) is 0 Å². The Morgan fingerprint density at radius 1 is 1.71 bits per heavy atom. The zero-order valence-electron chi connectivity index (χ0n) is 7.72. The molecule has 0 aliphatic rings. The summed E-state index contributed by atoms with van der Waals surface area (Å²) in [4.78, 5) is 10.9. The van der Waals surface area contributed by atoms with Crippen LogP contribution in [-0.4, -0.2) is 20.9 Å². The highest BCUT2D eigenvalue weighted by Gasteiger charge is 2.35. The Kier molecular flexibility index (Phi) is 2.89. The van der Waals surface area contributed by atoms with Crippen LogP contribution in [0.3, 0.4) is 0 Å². The van der Waals surface area contributed by atoms with Gasteiger partial charge in [0.15, 0.2) is 0 Å². The summed E-state index contributed by atoms with van der Waals surface area (Å²) in [5, 5.41) is 0.129. The van der Waals surface area contributed by atoms with Gasteiger partial charge in [-0.2, -0.15) is 13.9 Å². The van der Waals surface area contributed by atoms with Crippen LogP contribution in [0, 0.1) is 6.92 Å². The normalized spacial score (nSPS) is 11.8. The predicted molar refractivity (Wildman–Crippen MR) is 47.5 cm³/mol. The van der Waals surface area contributed by atoms with Gasteiger partial charge in [0.2, 0.25) is 5.78 Å². The van der Waals surface area contributed by atoms with Crippen LogP contribution in [0.25, 0.3) is 0 Å². The molecule has 0 N–H and O–H groups in total. The summed E-state index contributed by atoms with van der Waals surface area (Å²) in [6.45, 7) is 1.72. The van der Waals surface area contributed by atoms with Crippen molar-refractivity contribution in [3.8, 4) is 0 Å². The van der Waals surface area contributed by atoms with E-state index >= 15 is 0 Å². The minimum absolute atomic E-state index is 0.409. The van der Waals surface area contributed by atoms with E-state index in [0.29, 0.717) is 11.4 Å². The van der Waals surface area contributed by atoms with Gasteiger partial charge < -0.3 is 0 Å². The number of aryl methyl sites for hydroxylation is 2. The van der Waals surface area contributed by atoms with Crippen molar-refractivity contribution in [2.24, 2.45) is 7.05 Å². The molecule has 0 amide bonds. The Morgan fingerprint density at radius 2 is 2.29 bits per heavy atom. The topological polar surface area (TPSA) is 34.9 Å². The molecule has 0 saturated heterocycles. The molecule has 0 spiro atoms. The van der Waals surface area contributed by atoms with Crippen LogP contribution in [0.15, 0.2) is 6.07 Å². The average Bonchev–Trinajstić information content (AvgIpc) is 2.28. The van der Waals surface area contributed by atoms with Crippen molar-refractivity contribution >= 4 is 17.4 Å². The van der Waals surface area contributed by atoms with E-state index in [4.69, 9.17) is 0 Å². The lowest BCUT2D eigenvalue weighted by atomic mass is 10.2. The first kappa shape index (κ1) is 11.1. The summed E-state index contributed by atoms with van der Waals surface area (Å²) in [6.07, 6.45) is -0.409. The van der Waals surface area contributed by atoms with E-state index in [-0.39, 0.29) is 0 Å². The molecule has 1 aromatic heterocycles. The van der Waals surface area contributed by atoms with Crippen LogP contribution >= 0.6 is 11.6 Å². The zero-order chi connectivity index (χ0) is 10.9. The van der Waals surface area contributed by atoms with Gasteiger partial charge >= 0.3 is 5.38 Å². The molecule has 1 rings (SSSR count). The molecule has 0 saturated carbocycles. The van der Waals surface area contributed by atoms with Crippen molar-refractivity contribution in [1.29, 1.82) is 0 Å². The summed E-state index contributed by atoms with van der Waals surface area (Å²) in [7, 11) is 1.59. The number of halogens is 3. The molecule has 1 aromatic rings. The molecule has 0 aliphatic heterocycles. The minimum Gasteiger partial charge on any atom is -0.291 e. The van der Waals surface area contributed by atoms with Gasteiger partial charge in [0, 0.05) is 12.7 Å². The van der Waals surface area contributed by atoms with Crippen LogP contribution in [-0.2, 0) is 18.3 Å². The molecule has 0 atom stereocenters. The van der Waals surface area contributed by atoms with E-state index < -0.39 is 17.6 Å². The van der Waals surface area contributed by atoms with Gasteiger partial charge in [-0.3, -0.25) is 9.48 Å². The van der Waals surface area contributed by atoms with Crippen LogP contribution in [0.2, 0.25) is 0 Å². The lowest BCUT2D eigenvalue weighted by Crippen LogP contribution is -2.24. The molecule has 0 bridgehead atoms. The van der Waals surface area contributed by atoms with Gasteiger partial charge in [-0.15, -0.1) is 0 Å². The van der Waals surface area contributed by atoms with Crippen molar-refractivity contribution < 1.29 is 13.6 Å². The zero-order valence-corrected chi connectivity index (χ0v) is 8.48. The molecular formula is C8H9ClF2N2O. The molecule has 0 aromatic carbocycles. The number of aromatic nitrogens is 2. The van der Waals surface area contributed by atoms with Gasteiger partial charge in [0.25, 0.3) is 0 Å². The number of carbonyl (C=O) groups is 1. The highest BCUT2D eigenvalue weighted by molar-refractivity contribution is 6.32. The van der Waals surface area contributed by atoms with Gasteiger partial charge in [0.1, 0.15) is 0 Å². The summed E-state index contributed by atoms with van der Waals surface area (Å²) in [5.74, 6) is -1.32. The highest BCUT2D eigenvalue weighted by Crippen LogP contribution is 2.21. The van der Waals surface area contributed by atoms with Gasteiger partial charge in [-0.1, -0.05) is 0 Å². The van der Waals surface area contributed by atoms with E-state index in [9.17, 15) is 13.6 Å². The number of hydrogen-bond donors (Lipinski definition) is 0. The van der Waals surface area contributed by atoms with E-state index in [1.807, 2.05) is 0 Å². The van der Waals surface area contributed by atoms with Crippen molar-refractivity contribution in [1.82, 2.24) is 9.78 Å². The first-order chi connectivity index (χ1) is 6.30. The third kappa shape index (κ3) is 2.51. The molecule has 0 unspecified atom stereocenters. The molecule has 1 heterocycles. The van der Waals surface area contributed by atoms with Gasteiger partial charge in [0.05, 0.1) is 12.1 Å². The van der Waals surface area contributed by atoms with Crippen molar-refractivity contribution in [3.05, 3.63) is 17.5 Å². The summed E-state index contributed by atoms with van der Waals surface area (Å²) in [6, 6.07) is 1.57. The van der Waals surface area contributed by atoms with E-state index in [0.717, 1.165) is 0 Å². The molecule has 78 valence electrons. The van der Waals surface area contributed by atoms with E-state index in [1.165, 1.54) is 4.68 Å². The number of alkyl halides is 3. The molecule has 0 radical (unpaired) electrons. The van der Waals surface area contributed by atoms with Gasteiger partial charge in [-0.25, -0.2) is 0 Å². The van der Waals surface area contributed by atoms with Crippen LogP contribution in [0.4, 0.5) is 8.78 Å². The molecule has 3 nitrogen and oxygen atoms in total. The maximum atomic E-state index is 12.3. The number of ketones is 1. The first-order valence-electron chi connectivity index (χ1n) is 3.90. The monoisotopic (exact) mass is 222 g/mol. The number of hydrogen-bond acceptors (Lipinski definition) is 2. The van der Waals surface area contributed by atoms with Crippen LogP contribution in [0.1, 0.15) is 11.4 Å². The fraction of sp³-hybridized carbons (Fsp3) is 0.500. The second-order valence-corrected chi connectivity index (χ2v) is 3.47. The molecule has 0 aliphatic carbocycles. The van der Waals surface area contributed by atoms with Crippen molar-refractivity contribution in [3.63, 3.8) is 0 Å². The van der Waals surface area contributed by atoms with Crippen molar-refractivity contribution in [2.45, 2.75) is 18.7 Å². The fourth-order valence-corrected chi connectivity index (χ4v) is 1.16. The Bertz CT molecular complexity index is 357. The smallest absolute Gasteiger partial charge is 0.291 e. The maximum absolute atomic E-state index is 12.3. The number of rotatable bonds is 3. The summed E-state index contributed by atoms with van der Waals surface area (Å²) < 4.78 is 26.0. The maximum Gasteiger partial charge on any atom is 0.380 e. The highest BCUT2D eigenvalue weighted by atomic mass is 35.5. The second-order valence-electron chi connectivity index (χ2n) is 3.00. The molecule has 14 heavy (non-hydrogen) atoms. The SMILES string of the molecule is Cc1cc(CC(=O)C(F)(F)Cl)n(C)n1. The summed E-state index contributed by atoms with van der Waals surface area (Å²) in [5.41, 5.74) is 1.10. The number of carbonyl (C=O) groups excluding carboxylic acids is 1. The lowest BCUT2D eigenvalue weighted by molar-refractivity contribution is -0.132. The number of nitrogens with zero attached hydrogens (tertiary/aromatic N) is 2. The van der Waals surface area contributed by atoms with E-state index in [2.05, 4.69) is 16.7 Å². The van der Waals surface area contributed by atoms with Crippen molar-refractivity contribution in [2.75, 3.05) is 0 Å². The summed E-state index contributed by atoms with van der Waals surface area (Å²) >= 11 is 4.58. The Morgan fingerprint density at radius 3 is 2.64 bits per heavy atom. The standard InChI is InChI=1S/C8H9ClF2N2O/c1-5-3-6(13(2)12-5)4-7(14)8(9,10)11/h3H,4H2,1-2H3. The second kappa shape index (κ2) is 3.65. The third-order valence-electron chi connectivity index (χ3n) is 1.76. The van der Waals surface area contributed by atoms with Crippen LogP contribution < -0.4 is 0 Å². The fourth-order valence-electron chi connectivity index (χ4n) is 1.09. The largest absolute Gasteiger partial charge is 0.380 e. The predicted octanol–water partition coefficient (Wildman–Crippen LogP) is 1.67. The average molecular weight is 223 g/mol. The Balaban J connectivity index is 2.80.